The third-order valence-corrected chi connectivity index (χ3v) is 3.49. The molecule has 1 aliphatic carbocycles. The predicted octanol–water partition coefficient (Wildman–Crippen LogP) is 0.357. The summed E-state index contributed by atoms with van der Waals surface area (Å²) in [7, 11) is 1.44. The minimum atomic E-state index is -0.602. The summed E-state index contributed by atoms with van der Waals surface area (Å²) in [6, 6.07) is 2.98. The molecule has 0 aromatic heterocycles. The highest BCUT2D eigenvalue weighted by atomic mass is 16.5. The topological polar surface area (TPSA) is 87.0 Å². The Hall–Kier alpha value is -1.59. The normalized spacial score (nSPS) is 22.7. The van der Waals surface area contributed by atoms with Crippen LogP contribution in [0.5, 0.6) is 11.5 Å². The fourth-order valence-electron chi connectivity index (χ4n) is 2.43. The lowest BCUT2D eigenvalue weighted by molar-refractivity contribution is 0.0665. The van der Waals surface area contributed by atoms with Crippen molar-refractivity contribution in [1.29, 1.82) is 0 Å². The van der Waals surface area contributed by atoms with Gasteiger partial charge in [0.2, 0.25) is 0 Å². The molecule has 0 fully saturated rings. The highest BCUT2D eigenvalue weighted by Gasteiger charge is 2.35. The average Bonchev–Trinajstić information content (AvgIpc) is 2.38. The van der Waals surface area contributed by atoms with Crippen LogP contribution < -0.4 is 4.74 Å². The van der Waals surface area contributed by atoms with E-state index in [0.717, 1.165) is 5.56 Å². The van der Waals surface area contributed by atoms with Gasteiger partial charge in [0.1, 0.15) is 0 Å². The van der Waals surface area contributed by atoms with Gasteiger partial charge in [0.15, 0.2) is 17.3 Å². The van der Waals surface area contributed by atoms with Crippen molar-refractivity contribution in [2.75, 3.05) is 20.3 Å². The lowest BCUT2D eigenvalue weighted by Crippen LogP contribution is -2.36. The van der Waals surface area contributed by atoms with Crippen LogP contribution in [0.1, 0.15) is 15.9 Å². The minimum Gasteiger partial charge on any atom is -0.504 e. The van der Waals surface area contributed by atoms with E-state index in [1.54, 1.807) is 6.07 Å². The van der Waals surface area contributed by atoms with Gasteiger partial charge in [-0.1, -0.05) is 0 Å². The molecule has 98 valence electrons. The minimum absolute atomic E-state index is 0.0938. The molecule has 0 unspecified atom stereocenters. The first kappa shape index (κ1) is 12.9. The van der Waals surface area contributed by atoms with Crippen molar-refractivity contribution in [3.63, 3.8) is 0 Å². The molecule has 0 bridgehead atoms. The van der Waals surface area contributed by atoms with E-state index >= 15 is 0 Å². The van der Waals surface area contributed by atoms with Crippen LogP contribution in [0.25, 0.3) is 0 Å². The largest absolute Gasteiger partial charge is 0.504 e. The van der Waals surface area contributed by atoms with Crippen molar-refractivity contribution in [3.8, 4) is 11.5 Å². The monoisotopic (exact) mass is 252 g/mol. The van der Waals surface area contributed by atoms with Crippen molar-refractivity contribution in [1.82, 2.24) is 0 Å². The predicted molar refractivity (Wildman–Crippen MR) is 63.8 cm³/mol. The fraction of sp³-hybridized carbons (Fsp3) is 0.462. The Bertz CT molecular complexity index is 469. The van der Waals surface area contributed by atoms with Crippen LogP contribution in [0.2, 0.25) is 0 Å². The first-order valence-corrected chi connectivity index (χ1v) is 5.78. The molecule has 5 nitrogen and oxygen atoms in total. The van der Waals surface area contributed by atoms with Gasteiger partial charge in [-0.05, 0) is 30.0 Å². The zero-order valence-corrected chi connectivity index (χ0v) is 10.1. The molecular weight excluding hydrogens is 236 g/mol. The van der Waals surface area contributed by atoms with E-state index in [-0.39, 0.29) is 30.7 Å². The first-order valence-electron chi connectivity index (χ1n) is 5.78. The van der Waals surface area contributed by atoms with Crippen molar-refractivity contribution in [3.05, 3.63) is 23.3 Å². The van der Waals surface area contributed by atoms with Crippen LogP contribution in [-0.4, -0.2) is 41.4 Å². The van der Waals surface area contributed by atoms with Gasteiger partial charge in [0.05, 0.1) is 19.6 Å². The number of carbonyl (C=O) groups is 1. The van der Waals surface area contributed by atoms with Crippen molar-refractivity contribution >= 4 is 5.78 Å². The summed E-state index contributed by atoms with van der Waals surface area (Å²) in [5, 5.41) is 28.2. The fourth-order valence-corrected chi connectivity index (χ4v) is 2.43. The van der Waals surface area contributed by atoms with Crippen LogP contribution in [0.4, 0.5) is 0 Å². The Balaban J connectivity index is 2.48. The molecule has 0 saturated heterocycles. The van der Waals surface area contributed by atoms with Gasteiger partial charge < -0.3 is 20.1 Å². The Kier molecular flexibility index (Phi) is 3.54. The molecular formula is C13H16O5. The third-order valence-electron chi connectivity index (χ3n) is 3.49. The van der Waals surface area contributed by atoms with E-state index in [4.69, 9.17) is 4.74 Å². The van der Waals surface area contributed by atoms with E-state index in [2.05, 4.69) is 0 Å². The molecule has 1 aliphatic rings. The lowest BCUT2D eigenvalue weighted by Gasteiger charge is -2.29. The lowest BCUT2D eigenvalue weighted by atomic mass is 9.75. The summed E-state index contributed by atoms with van der Waals surface area (Å²) < 4.78 is 5.00. The SMILES string of the molecule is COc1cc2c(cc1O)C(=O)[C@@H](CO)[C@H](CO)C2. The zero-order valence-electron chi connectivity index (χ0n) is 10.1. The van der Waals surface area contributed by atoms with E-state index in [1.807, 2.05) is 0 Å². The van der Waals surface area contributed by atoms with Gasteiger partial charge in [-0.3, -0.25) is 4.79 Å². The second-order valence-corrected chi connectivity index (χ2v) is 4.48. The molecule has 1 aromatic rings. The van der Waals surface area contributed by atoms with Gasteiger partial charge in [0.25, 0.3) is 0 Å². The summed E-state index contributed by atoms with van der Waals surface area (Å²) >= 11 is 0. The number of phenolic OH excluding ortho intramolecular Hbond substituents is 1. The van der Waals surface area contributed by atoms with E-state index in [9.17, 15) is 20.1 Å². The summed E-state index contributed by atoms with van der Waals surface area (Å²) in [6.07, 6.45) is 0.486. The Morgan fingerprint density at radius 3 is 2.61 bits per heavy atom. The molecule has 0 radical (unpaired) electrons. The molecule has 5 heteroatoms. The smallest absolute Gasteiger partial charge is 0.169 e. The summed E-state index contributed by atoms with van der Waals surface area (Å²) in [5.41, 5.74) is 1.13. The van der Waals surface area contributed by atoms with Crippen LogP contribution in [0.3, 0.4) is 0 Å². The van der Waals surface area contributed by atoms with Crippen LogP contribution in [0, 0.1) is 11.8 Å². The Morgan fingerprint density at radius 2 is 2.06 bits per heavy atom. The molecule has 2 atom stereocenters. The second kappa shape index (κ2) is 4.96. The average molecular weight is 252 g/mol. The van der Waals surface area contributed by atoms with Gasteiger partial charge in [-0.25, -0.2) is 0 Å². The summed E-state index contributed by atoms with van der Waals surface area (Å²) in [6.45, 7) is -0.449. The number of methoxy groups -OCH3 is 1. The van der Waals surface area contributed by atoms with E-state index in [1.165, 1.54) is 13.2 Å². The number of aromatic hydroxyl groups is 1. The molecule has 2 rings (SSSR count). The first-order chi connectivity index (χ1) is 8.62. The maximum absolute atomic E-state index is 12.1. The number of ether oxygens (including phenoxy) is 1. The summed E-state index contributed by atoms with van der Waals surface area (Å²) in [5.74, 6) is -0.917. The van der Waals surface area contributed by atoms with Gasteiger partial charge in [-0.15, -0.1) is 0 Å². The molecule has 1 aromatic carbocycles. The number of hydrogen-bond acceptors (Lipinski definition) is 5. The number of hydrogen-bond donors (Lipinski definition) is 3. The Labute approximate surface area is 105 Å². The molecule has 0 aliphatic heterocycles. The number of phenols is 1. The maximum Gasteiger partial charge on any atom is 0.169 e. The van der Waals surface area contributed by atoms with Crippen molar-refractivity contribution in [2.45, 2.75) is 6.42 Å². The number of benzene rings is 1. The maximum atomic E-state index is 12.1. The van der Waals surface area contributed by atoms with Crippen molar-refractivity contribution < 1.29 is 24.9 Å². The number of aliphatic hydroxyl groups is 2. The number of carbonyl (C=O) groups excluding carboxylic acids is 1. The van der Waals surface area contributed by atoms with E-state index in [0.29, 0.717) is 17.7 Å². The molecule has 0 saturated carbocycles. The molecule has 0 amide bonds. The van der Waals surface area contributed by atoms with Gasteiger partial charge >= 0.3 is 0 Å². The molecule has 18 heavy (non-hydrogen) atoms. The zero-order chi connectivity index (χ0) is 13.3. The number of Topliss-reactive ketones (excluding diaryl/α,β-unsaturated/α-hetero) is 1. The number of ketones is 1. The van der Waals surface area contributed by atoms with E-state index < -0.39 is 5.92 Å². The number of aliphatic hydroxyl groups excluding tert-OH is 2. The standard InChI is InChI=1S/C13H16O5/c1-18-12-3-7-2-8(5-14)10(6-15)13(17)9(7)4-11(12)16/h3-4,8,10,14-16H,2,5-6H2,1H3/t8-,10-/m0/s1. The van der Waals surface area contributed by atoms with Crippen LogP contribution in [-0.2, 0) is 6.42 Å². The highest BCUT2D eigenvalue weighted by Crippen LogP contribution is 2.36. The molecule has 3 N–H and O–H groups in total. The van der Waals surface area contributed by atoms with Crippen LogP contribution >= 0.6 is 0 Å². The second-order valence-electron chi connectivity index (χ2n) is 4.48. The van der Waals surface area contributed by atoms with Gasteiger partial charge in [0, 0.05) is 12.2 Å². The quantitative estimate of drug-likeness (QED) is 0.723. The summed E-state index contributed by atoms with van der Waals surface area (Å²) in [4.78, 5) is 12.1. The number of rotatable bonds is 3. The van der Waals surface area contributed by atoms with Crippen molar-refractivity contribution in [2.24, 2.45) is 11.8 Å². The molecule has 0 heterocycles. The molecule has 0 spiro atoms. The number of fused-ring (bicyclic) bond motifs is 1. The Morgan fingerprint density at radius 1 is 1.33 bits per heavy atom. The highest BCUT2D eigenvalue weighted by molar-refractivity contribution is 6.01. The van der Waals surface area contributed by atoms with Gasteiger partial charge in [-0.2, -0.15) is 0 Å². The van der Waals surface area contributed by atoms with Crippen LogP contribution in [0.15, 0.2) is 12.1 Å². The third kappa shape index (κ3) is 1.95.